The van der Waals surface area contributed by atoms with E-state index in [1.165, 1.54) is 6.42 Å². The molecule has 0 saturated carbocycles. The number of hydrogen-bond donors (Lipinski definition) is 0. The molecular formula is C13H17N3OS. The number of methoxy groups -OCH3 is 1. The zero-order chi connectivity index (χ0) is 13.0. The van der Waals surface area contributed by atoms with Crippen molar-refractivity contribution >= 4 is 22.9 Å². The minimum atomic E-state index is 0.570. The van der Waals surface area contributed by atoms with Gasteiger partial charge in [0.2, 0.25) is 0 Å². The third-order valence-corrected chi connectivity index (χ3v) is 3.39. The van der Waals surface area contributed by atoms with Crippen molar-refractivity contribution in [1.29, 1.82) is 0 Å². The lowest BCUT2D eigenvalue weighted by Crippen LogP contribution is -2.42. The summed E-state index contributed by atoms with van der Waals surface area (Å²) < 4.78 is 5.17. The average Bonchev–Trinajstić information content (AvgIpc) is 2.34. The van der Waals surface area contributed by atoms with Crippen molar-refractivity contribution in [2.45, 2.75) is 13.3 Å². The molecule has 0 aliphatic carbocycles. The first-order valence-electron chi connectivity index (χ1n) is 6.00. The maximum absolute atomic E-state index is 5.32. The van der Waals surface area contributed by atoms with Gasteiger partial charge in [-0.2, -0.15) is 0 Å². The van der Waals surface area contributed by atoms with Gasteiger partial charge in [-0.25, -0.2) is 0 Å². The summed E-state index contributed by atoms with van der Waals surface area (Å²) in [5, 5.41) is 0. The molecule has 4 nitrogen and oxygen atoms in total. The largest absolute Gasteiger partial charge is 0.497 e. The predicted octanol–water partition coefficient (Wildman–Crippen LogP) is 1.93. The Morgan fingerprint density at radius 2 is 2.33 bits per heavy atom. The molecule has 0 bridgehead atoms. The maximum atomic E-state index is 5.32. The van der Waals surface area contributed by atoms with Gasteiger partial charge in [0.1, 0.15) is 5.75 Å². The van der Waals surface area contributed by atoms with E-state index in [9.17, 15) is 0 Å². The van der Waals surface area contributed by atoms with Crippen molar-refractivity contribution in [1.82, 2.24) is 9.88 Å². The Morgan fingerprint density at radius 1 is 1.56 bits per heavy atom. The minimum Gasteiger partial charge on any atom is -0.497 e. The molecule has 1 aliphatic rings. The van der Waals surface area contributed by atoms with E-state index in [1.807, 2.05) is 19.1 Å². The Morgan fingerprint density at radius 3 is 2.94 bits per heavy atom. The van der Waals surface area contributed by atoms with Gasteiger partial charge in [0.25, 0.3) is 0 Å². The van der Waals surface area contributed by atoms with E-state index in [-0.39, 0.29) is 0 Å². The fourth-order valence-electron chi connectivity index (χ4n) is 1.67. The smallest absolute Gasteiger partial charge is 0.122 e. The lowest BCUT2D eigenvalue weighted by molar-refractivity contribution is 0.302. The monoisotopic (exact) mass is 263 g/mol. The van der Waals surface area contributed by atoms with E-state index in [0.29, 0.717) is 6.54 Å². The van der Waals surface area contributed by atoms with Crippen LogP contribution in [-0.2, 0) is 0 Å². The molecule has 18 heavy (non-hydrogen) atoms. The Kier molecular flexibility index (Phi) is 4.25. The fraction of sp³-hybridized carbons (Fsp3) is 0.462. The van der Waals surface area contributed by atoms with Crippen molar-refractivity contribution < 1.29 is 4.74 Å². The van der Waals surface area contributed by atoms with E-state index in [4.69, 9.17) is 17.0 Å². The average molecular weight is 263 g/mol. The zero-order valence-electron chi connectivity index (χ0n) is 10.7. The molecule has 1 aliphatic heterocycles. The van der Waals surface area contributed by atoms with E-state index < -0.39 is 0 Å². The SMILES string of the molecule is COc1ccnc(C(C)=NCC(=S)N2CCC2)c1. The van der Waals surface area contributed by atoms with E-state index in [2.05, 4.69) is 14.9 Å². The van der Waals surface area contributed by atoms with Crippen LogP contribution in [0.5, 0.6) is 5.75 Å². The first-order chi connectivity index (χ1) is 8.70. The summed E-state index contributed by atoms with van der Waals surface area (Å²) in [6, 6.07) is 3.70. The standard InChI is InChI=1S/C13H17N3OS/c1-10(12-8-11(17-2)4-5-14-12)15-9-13(18)16-6-3-7-16/h4-5,8H,3,6-7,9H2,1-2H3. The second-order valence-electron chi connectivity index (χ2n) is 4.22. The highest BCUT2D eigenvalue weighted by atomic mass is 32.1. The van der Waals surface area contributed by atoms with E-state index >= 15 is 0 Å². The molecule has 0 atom stereocenters. The van der Waals surface area contributed by atoms with Gasteiger partial charge in [-0.15, -0.1) is 0 Å². The number of aromatic nitrogens is 1. The first kappa shape index (κ1) is 13.0. The molecule has 1 aromatic rings. The van der Waals surface area contributed by atoms with Crippen molar-refractivity contribution in [2.75, 3.05) is 26.7 Å². The molecule has 2 rings (SSSR count). The molecule has 0 N–H and O–H groups in total. The molecule has 1 fully saturated rings. The van der Waals surface area contributed by atoms with Gasteiger partial charge in [0.15, 0.2) is 0 Å². The minimum absolute atomic E-state index is 0.570. The second kappa shape index (κ2) is 5.91. The summed E-state index contributed by atoms with van der Waals surface area (Å²) >= 11 is 5.32. The van der Waals surface area contributed by atoms with Gasteiger partial charge in [-0.3, -0.25) is 9.98 Å². The van der Waals surface area contributed by atoms with Gasteiger partial charge in [0, 0.05) is 25.4 Å². The topological polar surface area (TPSA) is 37.7 Å². The molecule has 0 radical (unpaired) electrons. The molecular weight excluding hydrogens is 246 g/mol. The van der Waals surface area contributed by atoms with Crippen LogP contribution in [0.3, 0.4) is 0 Å². The summed E-state index contributed by atoms with van der Waals surface area (Å²) in [6.07, 6.45) is 2.96. The molecule has 5 heteroatoms. The van der Waals surface area contributed by atoms with Crippen LogP contribution in [0.2, 0.25) is 0 Å². The summed E-state index contributed by atoms with van der Waals surface area (Å²) in [6.45, 7) is 4.66. The molecule has 1 aromatic heterocycles. The summed E-state index contributed by atoms with van der Waals surface area (Å²) in [4.78, 5) is 11.9. The summed E-state index contributed by atoms with van der Waals surface area (Å²) in [5.74, 6) is 0.792. The van der Waals surface area contributed by atoms with Gasteiger partial charge in [-0.05, 0) is 19.4 Å². The van der Waals surface area contributed by atoms with Crippen molar-refractivity contribution in [3.05, 3.63) is 24.0 Å². The molecule has 0 amide bonds. The predicted molar refractivity (Wildman–Crippen MR) is 76.7 cm³/mol. The molecule has 96 valence electrons. The lowest BCUT2D eigenvalue weighted by Gasteiger charge is -2.32. The Hall–Kier alpha value is -1.49. The highest BCUT2D eigenvalue weighted by Crippen LogP contribution is 2.11. The number of likely N-dealkylation sites (tertiary alicyclic amines) is 1. The Balaban J connectivity index is 2.00. The van der Waals surface area contributed by atoms with Crippen LogP contribution in [0.1, 0.15) is 19.0 Å². The van der Waals surface area contributed by atoms with Gasteiger partial charge >= 0.3 is 0 Å². The first-order valence-corrected chi connectivity index (χ1v) is 6.41. The number of hydrogen-bond acceptors (Lipinski definition) is 4. The van der Waals surface area contributed by atoms with Crippen LogP contribution in [0.15, 0.2) is 23.3 Å². The highest BCUT2D eigenvalue weighted by molar-refractivity contribution is 7.80. The van der Waals surface area contributed by atoms with Gasteiger partial charge in [-0.1, -0.05) is 12.2 Å². The van der Waals surface area contributed by atoms with Crippen LogP contribution in [-0.4, -0.2) is 47.3 Å². The highest BCUT2D eigenvalue weighted by Gasteiger charge is 2.16. The Labute approximate surface area is 113 Å². The maximum Gasteiger partial charge on any atom is 0.122 e. The lowest BCUT2D eigenvalue weighted by atomic mass is 10.2. The molecule has 2 heterocycles. The Bertz CT molecular complexity index is 469. The number of nitrogens with zero attached hydrogens (tertiary/aromatic N) is 3. The number of thiocarbonyl (C=S) groups is 1. The quantitative estimate of drug-likeness (QED) is 0.614. The van der Waals surface area contributed by atoms with E-state index in [0.717, 1.165) is 35.2 Å². The normalized spacial score (nSPS) is 15.2. The van der Waals surface area contributed by atoms with Crippen LogP contribution in [0, 0.1) is 0 Å². The molecule has 1 saturated heterocycles. The van der Waals surface area contributed by atoms with Gasteiger partial charge < -0.3 is 9.64 Å². The number of ether oxygens (including phenoxy) is 1. The van der Waals surface area contributed by atoms with Crippen LogP contribution in [0.4, 0.5) is 0 Å². The third-order valence-electron chi connectivity index (χ3n) is 3.00. The van der Waals surface area contributed by atoms with Gasteiger partial charge in [0.05, 0.1) is 30.0 Å². The van der Waals surface area contributed by atoms with Crippen LogP contribution >= 0.6 is 12.2 Å². The van der Waals surface area contributed by atoms with E-state index in [1.54, 1.807) is 13.3 Å². The number of rotatable bonds is 4. The van der Waals surface area contributed by atoms with Crippen LogP contribution < -0.4 is 4.74 Å². The number of aliphatic imine (C=N–C) groups is 1. The molecule has 0 spiro atoms. The molecule has 0 aromatic carbocycles. The van der Waals surface area contributed by atoms with Crippen molar-refractivity contribution in [3.8, 4) is 5.75 Å². The third kappa shape index (κ3) is 3.04. The number of pyridine rings is 1. The molecule has 0 unspecified atom stereocenters. The van der Waals surface area contributed by atoms with Crippen LogP contribution in [0.25, 0.3) is 0 Å². The summed E-state index contributed by atoms with van der Waals surface area (Å²) in [7, 11) is 1.64. The second-order valence-corrected chi connectivity index (χ2v) is 4.69. The zero-order valence-corrected chi connectivity index (χ0v) is 11.5. The van der Waals surface area contributed by atoms with Crippen molar-refractivity contribution in [2.24, 2.45) is 4.99 Å². The van der Waals surface area contributed by atoms with Crippen molar-refractivity contribution in [3.63, 3.8) is 0 Å². The summed E-state index contributed by atoms with van der Waals surface area (Å²) in [5.41, 5.74) is 1.72. The fourth-order valence-corrected chi connectivity index (χ4v) is 1.92.